The third kappa shape index (κ3) is 3.77. The van der Waals surface area contributed by atoms with Gasteiger partial charge in [-0.25, -0.2) is 0 Å². The van der Waals surface area contributed by atoms with Crippen LogP contribution in [-0.4, -0.2) is 6.61 Å². The van der Waals surface area contributed by atoms with E-state index in [1.807, 2.05) is 55.5 Å². The number of hydrogen-bond acceptors (Lipinski definition) is 2. The molecule has 2 nitrogen and oxygen atoms in total. The van der Waals surface area contributed by atoms with Gasteiger partial charge in [0.25, 0.3) is 0 Å². The molecular formula is C15H15BrO2. The van der Waals surface area contributed by atoms with Crippen molar-refractivity contribution < 1.29 is 9.47 Å². The molecule has 3 heteroatoms. The van der Waals surface area contributed by atoms with E-state index in [9.17, 15) is 0 Å². The Morgan fingerprint density at radius 1 is 0.944 bits per heavy atom. The third-order valence-electron chi connectivity index (χ3n) is 2.41. The quantitative estimate of drug-likeness (QED) is 0.813. The molecule has 0 aliphatic heterocycles. The summed E-state index contributed by atoms with van der Waals surface area (Å²) in [6.45, 7) is 3.18. The molecule has 0 spiro atoms. The maximum Gasteiger partial charge on any atom is 0.123 e. The average molecular weight is 307 g/mol. The fourth-order valence-corrected chi connectivity index (χ4v) is 2.06. The Labute approximate surface area is 116 Å². The van der Waals surface area contributed by atoms with E-state index in [1.165, 1.54) is 0 Å². The van der Waals surface area contributed by atoms with Crippen molar-refractivity contribution >= 4 is 15.9 Å². The van der Waals surface area contributed by atoms with Gasteiger partial charge in [-0.05, 0) is 36.8 Å². The summed E-state index contributed by atoms with van der Waals surface area (Å²) in [6.07, 6.45) is 0. The van der Waals surface area contributed by atoms with Crippen molar-refractivity contribution in [1.29, 1.82) is 0 Å². The molecule has 0 radical (unpaired) electrons. The molecule has 2 aromatic carbocycles. The van der Waals surface area contributed by atoms with Crippen LogP contribution < -0.4 is 9.47 Å². The fourth-order valence-electron chi connectivity index (χ4n) is 1.61. The lowest BCUT2D eigenvalue weighted by molar-refractivity contribution is 0.299. The van der Waals surface area contributed by atoms with E-state index in [4.69, 9.17) is 9.47 Å². The Hall–Kier alpha value is -1.48. The third-order valence-corrected chi connectivity index (χ3v) is 2.90. The highest BCUT2D eigenvalue weighted by Crippen LogP contribution is 2.21. The first-order chi connectivity index (χ1) is 8.78. The summed E-state index contributed by atoms with van der Waals surface area (Å²) in [7, 11) is 0. The predicted octanol–water partition coefficient (Wildman–Crippen LogP) is 4.43. The molecule has 0 heterocycles. The van der Waals surface area contributed by atoms with Gasteiger partial charge in [0.15, 0.2) is 0 Å². The highest BCUT2D eigenvalue weighted by atomic mass is 79.9. The molecule has 2 rings (SSSR count). The van der Waals surface area contributed by atoms with Crippen molar-refractivity contribution in [3.8, 4) is 11.5 Å². The number of rotatable bonds is 5. The van der Waals surface area contributed by atoms with E-state index < -0.39 is 0 Å². The van der Waals surface area contributed by atoms with Crippen LogP contribution in [0.2, 0.25) is 0 Å². The van der Waals surface area contributed by atoms with Gasteiger partial charge in [-0.15, -0.1) is 0 Å². The van der Waals surface area contributed by atoms with Gasteiger partial charge in [-0.2, -0.15) is 0 Å². The van der Waals surface area contributed by atoms with Crippen LogP contribution in [0.1, 0.15) is 12.5 Å². The monoisotopic (exact) mass is 306 g/mol. The number of hydrogen-bond donors (Lipinski definition) is 0. The van der Waals surface area contributed by atoms with Crippen LogP contribution in [0.25, 0.3) is 0 Å². The Morgan fingerprint density at radius 2 is 1.67 bits per heavy atom. The van der Waals surface area contributed by atoms with Crippen LogP contribution in [0.4, 0.5) is 0 Å². The Kier molecular flexibility index (Phi) is 4.65. The molecule has 0 saturated heterocycles. The van der Waals surface area contributed by atoms with Crippen LogP contribution in [-0.2, 0) is 6.61 Å². The first-order valence-corrected chi connectivity index (χ1v) is 6.67. The van der Waals surface area contributed by atoms with Crippen LogP contribution >= 0.6 is 15.9 Å². The normalized spacial score (nSPS) is 10.1. The minimum Gasteiger partial charge on any atom is -0.494 e. The van der Waals surface area contributed by atoms with Crippen molar-refractivity contribution in [3.05, 3.63) is 58.6 Å². The summed E-state index contributed by atoms with van der Waals surface area (Å²) in [5, 5.41) is 0. The molecule has 0 amide bonds. The molecule has 0 saturated carbocycles. The largest absolute Gasteiger partial charge is 0.494 e. The Balaban J connectivity index is 1.99. The number of halogens is 1. The molecule has 0 aliphatic rings. The number of benzene rings is 2. The van der Waals surface area contributed by atoms with Gasteiger partial charge < -0.3 is 9.47 Å². The van der Waals surface area contributed by atoms with Crippen LogP contribution in [0.5, 0.6) is 11.5 Å². The van der Waals surface area contributed by atoms with Crippen molar-refractivity contribution in [3.63, 3.8) is 0 Å². The van der Waals surface area contributed by atoms with Gasteiger partial charge in [-0.1, -0.05) is 34.1 Å². The second-order valence-corrected chi connectivity index (χ2v) is 4.74. The topological polar surface area (TPSA) is 18.5 Å². The van der Waals surface area contributed by atoms with Crippen molar-refractivity contribution in [1.82, 2.24) is 0 Å². The summed E-state index contributed by atoms with van der Waals surface area (Å²) in [6, 6.07) is 15.8. The van der Waals surface area contributed by atoms with E-state index in [0.29, 0.717) is 13.2 Å². The predicted molar refractivity (Wildman–Crippen MR) is 76.1 cm³/mol. The van der Waals surface area contributed by atoms with E-state index in [2.05, 4.69) is 15.9 Å². The van der Waals surface area contributed by atoms with Crippen molar-refractivity contribution in [2.24, 2.45) is 0 Å². The summed E-state index contributed by atoms with van der Waals surface area (Å²) in [5.41, 5.74) is 1.13. The maximum atomic E-state index is 5.73. The SMILES string of the molecule is CCOc1cccc(OCc2cccc(Br)c2)c1. The lowest BCUT2D eigenvalue weighted by Crippen LogP contribution is -1.96. The molecule has 0 aliphatic carbocycles. The highest BCUT2D eigenvalue weighted by Gasteiger charge is 1.99. The summed E-state index contributed by atoms with van der Waals surface area (Å²) in [4.78, 5) is 0. The van der Waals surface area contributed by atoms with E-state index in [0.717, 1.165) is 21.5 Å². The van der Waals surface area contributed by atoms with Gasteiger partial charge in [0.2, 0.25) is 0 Å². The van der Waals surface area contributed by atoms with Crippen molar-refractivity contribution in [2.75, 3.05) is 6.61 Å². The standard InChI is InChI=1S/C15H15BrO2/c1-2-17-14-7-4-8-15(10-14)18-11-12-5-3-6-13(16)9-12/h3-10H,2,11H2,1H3. The van der Waals surface area contributed by atoms with Gasteiger partial charge in [0.05, 0.1) is 6.61 Å². The average Bonchev–Trinajstić information content (AvgIpc) is 2.37. The van der Waals surface area contributed by atoms with Crippen LogP contribution in [0, 0.1) is 0 Å². The van der Waals surface area contributed by atoms with Gasteiger partial charge >= 0.3 is 0 Å². The zero-order valence-electron chi connectivity index (χ0n) is 10.2. The minimum absolute atomic E-state index is 0.551. The molecular weight excluding hydrogens is 292 g/mol. The smallest absolute Gasteiger partial charge is 0.123 e. The lowest BCUT2D eigenvalue weighted by Gasteiger charge is -2.08. The van der Waals surface area contributed by atoms with Crippen molar-refractivity contribution in [2.45, 2.75) is 13.5 Å². The van der Waals surface area contributed by atoms with Crippen LogP contribution in [0.3, 0.4) is 0 Å². The lowest BCUT2D eigenvalue weighted by atomic mass is 10.2. The minimum atomic E-state index is 0.551. The van der Waals surface area contributed by atoms with E-state index >= 15 is 0 Å². The number of ether oxygens (including phenoxy) is 2. The first-order valence-electron chi connectivity index (χ1n) is 5.88. The van der Waals surface area contributed by atoms with E-state index in [1.54, 1.807) is 0 Å². The summed E-state index contributed by atoms with van der Waals surface area (Å²) in [5.74, 6) is 1.66. The molecule has 0 unspecified atom stereocenters. The molecule has 0 N–H and O–H groups in total. The van der Waals surface area contributed by atoms with E-state index in [-0.39, 0.29) is 0 Å². The molecule has 0 atom stereocenters. The molecule has 0 fully saturated rings. The fraction of sp³-hybridized carbons (Fsp3) is 0.200. The summed E-state index contributed by atoms with van der Waals surface area (Å²) < 4.78 is 12.2. The van der Waals surface area contributed by atoms with Gasteiger partial charge in [0, 0.05) is 10.5 Å². The Bertz CT molecular complexity index is 511. The van der Waals surface area contributed by atoms with Gasteiger partial charge in [0.1, 0.15) is 18.1 Å². The zero-order chi connectivity index (χ0) is 12.8. The molecule has 0 aromatic heterocycles. The highest BCUT2D eigenvalue weighted by molar-refractivity contribution is 9.10. The molecule has 94 valence electrons. The molecule has 2 aromatic rings. The van der Waals surface area contributed by atoms with Gasteiger partial charge in [-0.3, -0.25) is 0 Å². The second-order valence-electron chi connectivity index (χ2n) is 3.83. The summed E-state index contributed by atoms with van der Waals surface area (Å²) >= 11 is 3.44. The molecule has 18 heavy (non-hydrogen) atoms. The van der Waals surface area contributed by atoms with Crippen LogP contribution in [0.15, 0.2) is 53.0 Å². The first kappa shape index (κ1) is 13.0. The Morgan fingerprint density at radius 3 is 2.39 bits per heavy atom. The molecule has 0 bridgehead atoms. The second kappa shape index (κ2) is 6.45. The maximum absolute atomic E-state index is 5.73. The zero-order valence-corrected chi connectivity index (χ0v) is 11.8.